The Bertz CT molecular complexity index is 745. The summed E-state index contributed by atoms with van der Waals surface area (Å²) in [6.07, 6.45) is 2.82. The number of aliphatic carboxylic acids is 1. The number of rotatable bonds is 1. The SMILES string of the molecule is O=C(O)[C@H]1[C@@H]2C=C[C@]3(O2)[C@@H]2Nc4ccccc4CN2C(=O)[C@@H]13. The summed E-state index contributed by atoms with van der Waals surface area (Å²) in [5.74, 6) is -2.54. The van der Waals surface area contributed by atoms with Gasteiger partial charge in [-0.2, -0.15) is 0 Å². The third-order valence-electron chi connectivity index (χ3n) is 5.31. The topological polar surface area (TPSA) is 78.9 Å². The van der Waals surface area contributed by atoms with Crippen LogP contribution in [0.2, 0.25) is 0 Å². The van der Waals surface area contributed by atoms with E-state index in [1.54, 1.807) is 11.0 Å². The molecule has 1 aromatic rings. The molecule has 4 aliphatic rings. The van der Waals surface area contributed by atoms with E-state index in [9.17, 15) is 14.7 Å². The van der Waals surface area contributed by atoms with E-state index in [1.807, 2.05) is 30.3 Å². The fourth-order valence-corrected chi connectivity index (χ4v) is 4.39. The van der Waals surface area contributed by atoms with Crippen molar-refractivity contribution >= 4 is 17.6 Å². The van der Waals surface area contributed by atoms with Crippen molar-refractivity contribution in [3.63, 3.8) is 0 Å². The quantitative estimate of drug-likeness (QED) is 0.750. The lowest BCUT2D eigenvalue weighted by Gasteiger charge is -2.38. The van der Waals surface area contributed by atoms with Gasteiger partial charge in [0.15, 0.2) is 0 Å². The van der Waals surface area contributed by atoms with E-state index in [0.717, 1.165) is 11.3 Å². The summed E-state index contributed by atoms with van der Waals surface area (Å²) in [5, 5.41) is 12.9. The van der Waals surface area contributed by atoms with Gasteiger partial charge in [0.1, 0.15) is 17.7 Å². The number of ether oxygens (including phenoxy) is 1. The minimum Gasteiger partial charge on any atom is -0.481 e. The molecule has 2 fully saturated rings. The molecular weight excluding hydrogens is 284 g/mol. The number of nitrogens with one attached hydrogen (secondary N) is 1. The van der Waals surface area contributed by atoms with Gasteiger partial charge in [-0.05, 0) is 17.7 Å². The Hall–Kier alpha value is -2.34. The number of carbonyl (C=O) groups excluding carboxylic acids is 1. The van der Waals surface area contributed by atoms with Crippen molar-refractivity contribution in [2.24, 2.45) is 11.8 Å². The first kappa shape index (κ1) is 12.2. The molecule has 112 valence electrons. The highest BCUT2D eigenvalue weighted by atomic mass is 16.5. The van der Waals surface area contributed by atoms with E-state index in [2.05, 4.69) is 5.32 Å². The highest BCUT2D eigenvalue weighted by molar-refractivity contribution is 5.92. The lowest BCUT2D eigenvalue weighted by atomic mass is 9.76. The van der Waals surface area contributed by atoms with Crippen molar-refractivity contribution in [2.45, 2.75) is 24.4 Å². The third kappa shape index (κ3) is 1.21. The van der Waals surface area contributed by atoms with Crippen LogP contribution in [0.3, 0.4) is 0 Å². The maximum absolute atomic E-state index is 12.8. The standard InChI is InChI=1S/C16H14N2O4/c19-13-12-11(14(20)21)10-5-6-16(12,22-10)15-17-9-4-2-1-3-8(9)7-18(13)15/h1-6,10-12,15,17H,7H2,(H,20,21)/t10-,11-,12+,15+,16+/m0/s1. The Labute approximate surface area is 126 Å². The molecule has 0 unspecified atom stereocenters. The molecule has 5 rings (SSSR count). The van der Waals surface area contributed by atoms with E-state index < -0.39 is 29.5 Å². The van der Waals surface area contributed by atoms with Gasteiger partial charge in [-0.1, -0.05) is 24.3 Å². The molecule has 0 radical (unpaired) electrons. The Kier molecular flexibility index (Phi) is 2.06. The van der Waals surface area contributed by atoms with Gasteiger partial charge < -0.3 is 20.1 Å². The molecule has 1 spiro atoms. The fraction of sp³-hybridized carbons (Fsp3) is 0.375. The molecule has 0 saturated carbocycles. The summed E-state index contributed by atoms with van der Waals surface area (Å²) < 4.78 is 6.00. The number of carboxylic acids is 1. The third-order valence-corrected chi connectivity index (χ3v) is 5.31. The number of fused-ring (bicyclic) bond motifs is 3. The Morgan fingerprint density at radius 2 is 2.23 bits per heavy atom. The van der Waals surface area contributed by atoms with Crippen molar-refractivity contribution in [1.29, 1.82) is 0 Å². The number of nitrogens with zero attached hydrogens (tertiary/aromatic N) is 1. The zero-order valence-corrected chi connectivity index (χ0v) is 11.6. The van der Waals surface area contributed by atoms with Crippen LogP contribution in [0.4, 0.5) is 5.69 Å². The van der Waals surface area contributed by atoms with Gasteiger partial charge in [-0.25, -0.2) is 0 Å². The number of hydrogen-bond donors (Lipinski definition) is 2. The van der Waals surface area contributed by atoms with Gasteiger partial charge >= 0.3 is 5.97 Å². The Morgan fingerprint density at radius 3 is 3.05 bits per heavy atom. The van der Waals surface area contributed by atoms with Gasteiger partial charge in [0.05, 0.1) is 12.0 Å². The van der Waals surface area contributed by atoms with Crippen LogP contribution < -0.4 is 5.32 Å². The number of anilines is 1. The first-order valence-corrected chi connectivity index (χ1v) is 7.37. The first-order valence-electron chi connectivity index (χ1n) is 7.37. The predicted octanol–water partition coefficient (Wildman–Crippen LogP) is 0.805. The minimum atomic E-state index is -0.966. The fourth-order valence-electron chi connectivity index (χ4n) is 4.39. The lowest BCUT2D eigenvalue weighted by molar-refractivity contribution is -0.148. The molecule has 2 bridgehead atoms. The predicted molar refractivity (Wildman–Crippen MR) is 75.8 cm³/mol. The van der Waals surface area contributed by atoms with Gasteiger partial charge in [0.25, 0.3) is 0 Å². The maximum Gasteiger partial charge on any atom is 0.310 e. The molecule has 4 heterocycles. The van der Waals surface area contributed by atoms with E-state index in [-0.39, 0.29) is 12.1 Å². The summed E-state index contributed by atoms with van der Waals surface area (Å²) in [6, 6.07) is 7.82. The normalized spacial score (nSPS) is 40.2. The first-order chi connectivity index (χ1) is 10.6. The molecule has 0 aliphatic carbocycles. The van der Waals surface area contributed by atoms with Crippen LogP contribution in [0.15, 0.2) is 36.4 Å². The van der Waals surface area contributed by atoms with Crippen molar-refractivity contribution in [3.05, 3.63) is 42.0 Å². The average Bonchev–Trinajstić information content (AvgIpc) is 3.15. The van der Waals surface area contributed by atoms with Crippen LogP contribution in [0, 0.1) is 11.8 Å². The zero-order valence-electron chi connectivity index (χ0n) is 11.6. The Morgan fingerprint density at radius 1 is 1.41 bits per heavy atom. The van der Waals surface area contributed by atoms with Gasteiger partial charge in [0, 0.05) is 12.2 Å². The molecule has 6 heteroatoms. The summed E-state index contributed by atoms with van der Waals surface area (Å²) in [6.45, 7) is 0.485. The number of amides is 1. The smallest absolute Gasteiger partial charge is 0.310 e. The summed E-state index contributed by atoms with van der Waals surface area (Å²) in [4.78, 5) is 26.2. The van der Waals surface area contributed by atoms with Gasteiger partial charge in [-0.3, -0.25) is 9.59 Å². The molecule has 4 aliphatic heterocycles. The van der Waals surface area contributed by atoms with E-state index in [4.69, 9.17) is 4.74 Å². The summed E-state index contributed by atoms with van der Waals surface area (Å²) in [7, 11) is 0. The van der Waals surface area contributed by atoms with Crippen molar-refractivity contribution in [2.75, 3.05) is 5.32 Å². The highest BCUT2D eigenvalue weighted by Gasteiger charge is 2.72. The molecule has 0 aromatic heterocycles. The molecule has 2 saturated heterocycles. The van der Waals surface area contributed by atoms with Crippen LogP contribution in [0.5, 0.6) is 0 Å². The number of benzene rings is 1. The molecule has 1 amide bonds. The number of carboxylic acid groups (broad SMARTS) is 1. The maximum atomic E-state index is 12.8. The molecule has 5 atom stereocenters. The molecular formula is C16H14N2O4. The average molecular weight is 298 g/mol. The Balaban J connectivity index is 1.64. The van der Waals surface area contributed by atoms with Crippen LogP contribution in [-0.4, -0.2) is 39.8 Å². The molecule has 22 heavy (non-hydrogen) atoms. The van der Waals surface area contributed by atoms with Crippen LogP contribution >= 0.6 is 0 Å². The molecule has 6 nitrogen and oxygen atoms in total. The number of hydrogen-bond acceptors (Lipinski definition) is 4. The van der Waals surface area contributed by atoms with Crippen molar-refractivity contribution in [3.8, 4) is 0 Å². The van der Waals surface area contributed by atoms with E-state index in [1.165, 1.54) is 0 Å². The van der Waals surface area contributed by atoms with E-state index in [0.29, 0.717) is 6.54 Å². The minimum absolute atomic E-state index is 0.133. The summed E-state index contributed by atoms with van der Waals surface area (Å²) >= 11 is 0. The number of carbonyl (C=O) groups is 2. The van der Waals surface area contributed by atoms with Gasteiger partial charge in [0.2, 0.25) is 5.91 Å². The van der Waals surface area contributed by atoms with Crippen LogP contribution in [-0.2, 0) is 20.9 Å². The second kappa shape index (κ2) is 3.70. The second-order valence-corrected chi connectivity index (χ2v) is 6.31. The van der Waals surface area contributed by atoms with Crippen molar-refractivity contribution < 1.29 is 19.4 Å². The van der Waals surface area contributed by atoms with Crippen LogP contribution in [0.1, 0.15) is 5.56 Å². The summed E-state index contributed by atoms with van der Waals surface area (Å²) in [5.41, 5.74) is 1.15. The van der Waals surface area contributed by atoms with Gasteiger partial charge in [-0.15, -0.1) is 0 Å². The lowest BCUT2D eigenvalue weighted by Crippen LogP contribution is -2.52. The largest absolute Gasteiger partial charge is 0.481 e. The molecule has 1 aromatic carbocycles. The van der Waals surface area contributed by atoms with Crippen LogP contribution in [0.25, 0.3) is 0 Å². The van der Waals surface area contributed by atoms with Crippen molar-refractivity contribution in [1.82, 2.24) is 4.90 Å². The second-order valence-electron chi connectivity index (χ2n) is 6.31. The highest BCUT2D eigenvalue weighted by Crippen LogP contribution is 2.56. The zero-order chi connectivity index (χ0) is 15.1. The number of para-hydroxylation sites is 1. The molecule has 2 N–H and O–H groups in total. The van der Waals surface area contributed by atoms with E-state index >= 15 is 0 Å². The monoisotopic (exact) mass is 298 g/mol.